The molecule has 1 unspecified atom stereocenters. The maximum atomic E-state index is 11.7. The third-order valence-corrected chi connectivity index (χ3v) is 3.15. The number of likely N-dealkylation sites (tertiary alicyclic amines) is 1. The molecule has 2 amide bonds. The Morgan fingerprint density at radius 1 is 1.33 bits per heavy atom. The fourth-order valence-electron chi connectivity index (χ4n) is 1.83. The molecule has 3 nitrogen and oxygen atoms in total. The number of thiol groups is 1. The van der Waals surface area contributed by atoms with Crippen LogP contribution in [-0.4, -0.2) is 22.0 Å². The number of carbonyl (C=O) groups is 2. The standard InChI is InChI=1S/C11H13NO2S/c1-7-2-4-8(5-3-7)12-10(13)6-9(15)11(12)14/h2,4,9,15H,3,5-6H2,1H3. The highest BCUT2D eigenvalue weighted by Gasteiger charge is 2.38. The van der Waals surface area contributed by atoms with Crippen LogP contribution in [0.15, 0.2) is 23.4 Å². The van der Waals surface area contributed by atoms with Crippen molar-refractivity contribution in [2.45, 2.75) is 31.4 Å². The Kier molecular flexibility index (Phi) is 2.69. The number of allylic oxidation sites excluding steroid dienone is 4. The molecule has 0 spiro atoms. The Labute approximate surface area is 94.2 Å². The molecule has 80 valence electrons. The second-order valence-corrected chi connectivity index (χ2v) is 4.58. The van der Waals surface area contributed by atoms with Crippen molar-refractivity contribution in [3.05, 3.63) is 23.4 Å². The number of carbonyl (C=O) groups excluding carboxylic acids is 2. The van der Waals surface area contributed by atoms with Gasteiger partial charge < -0.3 is 0 Å². The summed E-state index contributed by atoms with van der Waals surface area (Å²) >= 11 is 4.09. The third-order valence-electron chi connectivity index (χ3n) is 2.75. The number of nitrogens with zero attached hydrogens (tertiary/aromatic N) is 1. The van der Waals surface area contributed by atoms with Gasteiger partial charge in [0.15, 0.2) is 0 Å². The van der Waals surface area contributed by atoms with Gasteiger partial charge in [0.25, 0.3) is 0 Å². The minimum absolute atomic E-state index is 0.126. The van der Waals surface area contributed by atoms with Gasteiger partial charge in [-0.15, -0.1) is 0 Å². The molecule has 0 N–H and O–H groups in total. The second kappa shape index (κ2) is 3.85. The van der Waals surface area contributed by atoms with E-state index in [1.165, 1.54) is 10.5 Å². The molecule has 1 saturated heterocycles. The first kappa shape index (κ1) is 10.5. The predicted octanol–water partition coefficient (Wildman–Crippen LogP) is 1.67. The maximum Gasteiger partial charge on any atom is 0.246 e. The normalized spacial score (nSPS) is 26.8. The van der Waals surface area contributed by atoms with Crippen LogP contribution in [0.25, 0.3) is 0 Å². The molecule has 0 aromatic rings. The Bertz CT molecular complexity index is 384. The van der Waals surface area contributed by atoms with Crippen LogP contribution >= 0.6 is 12.6 Å². The van der Waals surface area contributed by atoms with Crippen LogP contribution in [0.1, 0.15) is 26.2 Å². The molecule has 1 fully saturated rings. The molecule has 1 atom stereocenters. The van der Waals surface area contributed by atoms with Crippen LogP contribution in [0.4, 0.5) is 0 Å². The SMILES string of the molecule is CC1=CC=C(N2C(=O)CC(S)C2=O)CC1. The van der Waals surface area contributed by atoms with Crippen molar-refractivity contribution in [2.75, 3.05) is 0 Å². The minimum Gasteiger partial charge on any atom is -0.274 e. The second-order valence-electron chi connectivity index (χ2n) is 3.96. The van der Waals surface area contributed by atoms with Crippen LogP contribution in [0.2, 0.25) is 0 Å². The zero-order valence-electron chi connectivity index (χ0n) is 8.56. The van der Waals surface area contributed by atoms with E-state index < -0.39 is 5.25 Å². The molecular weight excluding hydrogens is 210 g/mol. The number of hydrogen-bond acceptors (Lipinski definition) is 3. The van der Waals surface area contributed by atoms with Gasteiger partial charge in [0, 0.05) is 12.1 Å². The Morgan fingerprint density at radius 3 is 2.53 bits per heavy atom. The van der Waals surface area contributed by atoms with Crippen molar-refractivity contribution in [1.29, 1.82) is 0 Å². The lowest BCUT2D eigenvalue weighted by atomic mass is 10.0. The van der Waals surface area contributed by atoms with Gasteiger partial charge >= 0.3 is 0 Å². The van der Waals surface area contributed by atoms with Gasteiger partial charge in [0.1, 0.15) is 0 Å². The van der Waals surface area contributed by atoms with E-state index >= 15 is 0 Å². The van der Waals surface area contributed by atoms with E-state index in [0.717, 1.165) is 18.5 Å². The monoisotopic (exact) mass is 223 g/mol. The molecule has 1 aliphatic carbocycles. The van der Waals surface area contributed by atoms with Crippen molar-refractivity contribution in [1.82, 2.24) is 4.90 Å². The van der Waals surface area contributed by atoms with Crippen LogP contribution in [0.3, 0.4) is 0 Å². The molecular formula is C11H13NO2S. The van der Waals surface area contributed by atoms with E-state index in [4.69, 9.17) is 0 Å². The average molecular weight is 223 g/mol. The van der Waals surface area contributed by atoms with E-state index in [1.807, 2.05) is 19.1 Å². The molecule has 0 aromatic heterocycles. The first-order valence-corrected chi connectivity index (χ1v) is 5.52. The van der Waals surface area contributed by atoms with Crippen molar-refractivity contribution in [2.24, 2.45) is 0 Å². The first-order valence-electron chi connectivity index (χ1n) is 5.01. The molecule has 2 aliphatic rings. The number of hydrogen-bond donors (Lipinski definition) is 1. The van der Waals surface area contributed by atoms with Gasteiger partial charge in [0.05, 0.1) is 5.25 Å². The van der Waals surface area contributed by atoms with Crippen molar-refractivity contribution < 1.29 is 9.59 Å². The summed E-state index contributed by atoms with van der Waals surface area (Å²) in [7, 11) is 0. The van der Waals surface area contributed by atoms with Crippen LogP contribution < -0.4 is 0 Å². The van der Waals surface area contributed by atoms with Gasteiger partial charge in [0.2, 0.25) is 11.8 Å². The first-order chi connectivity index (χ1) is 7.09. The van der Waals surface area contributed by atoms with Gasteiger partial charge in [-0.25, -0.2) is 0 Å². The zero-order chi connectivity index (χ0) is 11.0. The molecule has 0 aromatic carbocycles. The van der Waals surface area contributed by atoms with Crippen LogP contribution in [-0.2, 0) is 9.59 Å². The Morgan fingerprint density at radius 2 is 2.07 bits per heavy atom. The number of rotatable bonds is 1. The smallest absolute Gasteiger partial charge is 0.246 e. The quantitative estimate of drug-likeness (QED) is 0.542. The highest BCUT2D eigenvalue weighted by molar-refractivity contribution is 7.81. The van der Waals surface area contributed by atoms with E-state index in [-0.39, 0.29) is 18.2 Å². The van der Waals surface area contributed by atoms with Crippen molar-refractivity contribution in [3.8, 4) is 0 Å². The van der Waals surface area contributed by atoms with Crippen LogP contribution in [0, 0.1) is 0 Å². The van der Waals surface area contributed by atoms with Gasteiger partial charge in [-0.05, 0) is 25.8 Å². The Balaban J connectivity index is 2.25. The summed E-state index contributed by atoms with van der Waals surface area (Å²) in [4.78, 5) is 24.5. The van der Waals surface area contributed by atoms with Crippen LogP contribution in [0.5, 0.6) is 0 Å². The van der Waals surface area contributed by atoms with Crippen molar-refractivity contribution >= 4 is 24.4 Å². The highest BCUT2D eigenvalue weighted by atomic mass is 32.1. The lowest BCUT2D eigenvalue weighted by Gasteiger charge is -2.20. The molecule has 0 bridgehead atoms. The molecule has 2 rings (SSSR count). The number of amides is 2. The summed E-state index contributed by atoms with van der Waals surface area (Å²) in [5, 5.41) is -0.453. The molecule has 1 aliphatic heterocycles. The topological polar surface area (TPSA) is 37.4 Å². The molecule has 15 heavy (non-hydrogen) atoms. The fraction of sp³-hybridized carbons (Fsp3) is 0.455. The van der Waals surface area contributed by atoms with E-state index in [0.29, 0.717) is 0 Å². The summed E-state index contributed by atoms with van der Waals surface area (Å²) in [5.41, 5.74) is 2.09. The van der Waals surface area contributed by atoms with Gasteiger partial charge in [-0.3, -0.25) is 14.5 Å². The molecule has 0 saturated carbocycles. The van der Waals surface area contributed by atoms with E-state index in [2.05, 4.69) is 12.6 Å². The largest absolute Gasteiger partial charge is 0.274 e. The lowest BCUT2D eigenvalue weighted by Crippen LogP contribution is -2.30. The molecule has 4 heteroatoms. The minimum atomic E-state index is -0.453. The summed E-state index contributed by atoms with van der Waals surface area (Å²) in [6.07, 6.45) is 5.73. The average Bonchev–Trinajstić information content (AvgIpc) is 2.44. The van der Waals surface area contributed by atoms with Gasteiger partial charge in [-0.2, -0.15) is 12.6 Å². The summed E-state index contributed by atoms with van der Waals surface area (Å²) in [6.45, 7) is 2.04. The van der Waals surface area contributed by atoms with Crippen molar-refractivity contribution in [3.63, 3.8) is 0 Å². The summed E-state index contributed by atoms with van der Waals surface area (Å²) in [6, 6.07) is 0. The highest BCUT2D eigenvalue weighted by Crippen LogP contribution is 2.27. The summed E-state index contributed by atoms with van der Waals surface area (Å²) < 4.78 is 0. The van der Waals surface area contributed by atoms with E-state index in [9.17, 15) is 9.59 Å². The predicted molar refractivity (Wildman–Crippen MR) is 60.3 cm³/mol. The maximum absolute atomic E-state index is 11.7. The summed E-state index contributed by atoms with van der Waals surface area (Å²) in [5.74, 6) is -0.304. The van der Waals surface area contributed by atoms with Gasteiger partial charge in [-0.1, -0.05) is 11.6 Å². The number of imide groups is 1. The lowest BCUT2D eigenvalue weighted by molar-refractivity contribution is -0.136. The third kappa shape index (κ3) is 1.86. The fourth-order valence-corrected chi connectivity index (χ4v) is 2.11. The van der Waals surface area contributed by atoms with E-state index in [1.54, 1.807) is 0 Å². The Hall–Kier alpha value is -1.03. The molecule has 1 heterocycles. The molecule has 0 radical (unpaired) electrons. The zero-order valence-corrected chi connectivity index (χ0v) is 9.46.